The highest BCUT2D eigenvalue weighted by Crippen LogP contribution is 2.21. The molecule has 0 aliphatic carbocycles. The van der Waals surface area contributed by atoms with E-state index in [0.29, 0.717) is 12.8 Å². The maximum Gasteiger partial charge on any atom is 0.306 e. The molecule has 0 aromatic rings. The van der Waals surface area contributed by atoms with Crippen LogP contribution in [-0.4, -0.2) is 36.4 Å². The number of aliphatic hydroxyl groups excluding tert-OH is 1. The van der Waals surface area contributed by atoms with Gasteiger partial charge in [-0.15, -0.1) is 0 Å². The number of hydrogen-bond donors (Lipinski definition) is 1. The Kier molecular flexibility index (Phi) is 78.6. The van der Waals surface area contributed by atoms with Gasteiger partial charge in [0.1, 0.15) is 6.61 Å². The summed E-state index contributed by atoms with van der Waals surface area (Å²) >= 11 is 0. The lowest BCUT2D eigenvalue weighted by Gasteiger charge is -2.15. The standard InChI is InChI=1S/C83H162O5/c1-3-5-7-9-11-13-15-17-19-21-23-25-27-29-31-33-35-37-38-39-40-41-42-43-44-46-48-50-52-54-56-58-60-62-64-66-68-70-72-74-76-78-83(86)88-81(79-84)80-87-82(85)77-75-73-71-69-67-65-63-61-59-57-55-53-51-49-47-45-36-34-32-30-28-26-24-22-20-18-16-14-12-10-8-6-4-2/h21,23,81,84H,3-20,22,24-80H2,1-2H3/b23-21-. The fourth-order valence-corrected chi connectivity index (χ4v) is 13.4. The molecule has 1 unspecified atom stereocenters. The van der Waals surface area contributed by atoms with Crippen LogP contribution >= 0.6 is 0 Å². The van der Waals surface area contributed by atoms with Crippen LogP contribution in [0.2, 0.25) is 0 Å². The largest absolute Gasteiger partial charge is 0.462 e. The summed E-state index contributed by atoms with van der Waals surface area (Å²) in [6.07, 6.45) is 105. The van der Waals surface area contributed by atoms with Crippen LogP contribution in [0, 0.1) is 0 Å². The van der Waals surface area contributed by atoms with E-state index in [1.54, 1.807) is 0 Å². The molecule has 0 aromatic carbocycles. The molecule has 0 spiro atoms. The molecule has 0 amide bonds. The molecular weight excluding hydrogens is 1080 g/mol. The summed E-state index contributed by atoms with van der Waals surface area (Å²) in [7, 11) is 0. The zero-order valence-electron chi connectivity index (χ0n) is 60.6. The number of carbonyl (C=O) groups excluding carboxylic acids is 2. The van der Waals surface area contributed by atoms with Crippen LogP contribution in [0.3, 0.4) is 0 Å². The van der Waals surface area contributed by atoms with Crippen LogP contribution in [0.15, 0.2) is 12.2 Å². The SMILES string of the molecule is CCCCCCCCCC/C=C\CCCCCCCCCCCCCCCCCCCCCCCCCCCCCCCC(=O)OC(CO)COC(=O)CCCCCCCCCCCCCCCCCCCCCCCCCCCCCCCCCCC. The van der Waals surface area contributed by atoms with Gasteiger partial charge in [-0.05, 0) is 38.5 Å². The lowest BCUT2D eigenvalue weighted by atomic mass is 10.0. The van der Waals surface area contributed by atoms with Crippen LogP contribution in [0.4, 0.5) is 0 Å². The number of aliphatic hydroxyl groups is 1. The maximum absolute atomic E-state index is 12.4. The highest BCUT2D eigenvalue weighted by atomic mass is 16.6. The molecular formula is C83H162O5. The second kappa shape index (κ2) is 79.9. The van der Waals surface area contributed by atoms with Crippen molar-refractivity contribution in [1.29, 1.82) is 0 Å². The van der Waals surface area contributed by atoms with Crippen molar-refractivity contribution in [1.82, 2.24) is 0 Å². The molecule has 88 heavy (non-hydrogen) atoms. The second-order valence-corrected chi connectivity index (χ2v) is 28.6. The molecule has 0 rings (SSSR count). The van der Waals surface area contributed by atoms with E-state index in [0.717, 1.165) is 32.1 Å². The monoisotopic (exact) mass is 1240 g/mol. The molecule has 0 saturated carbocycles. The van der Waals surface area contributed by atoms with Gasteiger partial charge in [0.2, 0.25) is 0 Å². The number of ether oxygens (including phenoxy) is 2. The first kappa shape index (κ1) is 86.6. The van der Waals surface area contributed by atoms with Crippen LogP contribution in [-0.2, 0) is 19.1 Å². The number of unbranched alkanes of at least 4 members (excludes halogenated alkanes) is 69. The van der Waals surface area contributed by atoms with E-state index < -0.39 is 6.10 Å². The zero-order valence-corrected chi connectivity index (χ0v) is 60.6. The maximum atomic E-state index is 12.4. The Balaban J connectivity index is 3.33. The number of hydrogen-bond acceptors (Lipinski definition) is 5. The van der Waals surface area contributed by atoms with Crippen molar-refractivity contribution in [2.75, 3.05) is 13.2 Å². The van der Waals surface area contributed by atoms with Gasteiger partial charge in [0.05, 0.1) is 6.61 Å². The van der Waals surface area contributed by atoms with E-state index in [-0.39, 0.29) is 25.2 Å². The molecule has 1 atom stereocenters. The van der Waals surface area contributed by atoms with Crippen molar-refractivity contribution in [3.63, 3.8) is 0 Å². The van der Waals surface area contributed by atoms with Gasteiger partial charge in [-0.1, -0.05) is 450 Å². The normalized spacial score (nSPS) is 12.1. The van der Waals surface area contributed by atoms with Gasteiger partial charge in [0, 0.05) is 12.8 Å². The van der Waals surface area contributed by atoms with E-state index in [1.807, 2.05) is 0 Å². The van der Waals surface area contributed by atoms with Crippen LogP contribution < -0.4 is 0 Å². The Morgan fingerprint density at radius 2 is 0.420 bits per heavy atom. The molecule has 5 nitrogen and oxygen atoms in total. The van der Waals surface area contributed by atoms with Crippen molar-refractivity contribution in [2.45, 2.75) is 495 Å². The number of rotatable bonds is 79. The lowest BCUT2D eigenvalue weighted by molar-refractivity contribution is -0.161. The Labute approximate surface area is 553 Å². The second-order valence-electron chi connectivity index (χ2n) is 28.6. The summed E-state index contributed by atoms with van der Waals surface area (Å²) in [5.41, 5.74) is 0. The van der Waals surface area contributed by atoms with Gasteiger partial charge >= 0.3 is 11.9 Å². The molecule has 5 heteroatoms. The topological polar surface area (TPSA) is 72.8 Å². The van der Waals surface area contributed by atoms with Gasteiger partial charge in [0.25, 0.3) is 0 Å². The minimum Gasteiger partial charge on any atom is -0.462 e. The third kappa shape index (κ3) is 77.1. The molecule has 0 radical (unpaired) electrons. The Hall–Kier alpha value is -1.36. The van der Waals surface area contributed by atoms with E-state index in [1.165, 1.54) is 430 Å². The van der Waals surface area contributed by atoms with Gasteiger partial charge in [-0.25, -0.2) is 0 Å². The molecule has 0 bridgehead atoms. The average Bonchev–Trinajstić information content (AvgIpc) is 3.56. The minimum absolute atomic E-state index is 0.0558. The van der Waals surface area contributed by atoms with Crippen molar-refractivity contribution in [2.24, 2.45) is 0 Å². The molecule has 0 saturated heterocycles. The van der Waals surface area contributed by atoms with Crippen molar-refractivity contribution < 1.29 is 24.2 Å². The molecule has 0 aromatic heterocycles. The van der Waals surface area contributed by atoms with E-state index in [4.69, 9.17) is 9.47 Å². The summed E-state index contributed by atoms with van der Waals surface area (Å²) < 4.78 is 10.8. The molecule has 0 fully saturated rings. The Bertz CT molecular complexity index is 1310. The van der Waals surface area contributed by atoms with Crippen molar-refractivity contribution in [3.8, 4) is 0 Å². The first-order valence-electron chi connectivity index (χ1n) is 41.2. The highest BCUT2D eigenvalue weighted by Gasteiger charge is 2.16. The average molecular weight is 1240 g/mol. The van der Waals surface area contributed by atoms with E-state index in [2.05, 4.69) is 26.0 Å². The Morgan fingerprint density at radius 1 is 0.250 bits per heavy atom. The quantitative estimate of drug-likeness (QED) is 0.0373. The van der Waals surface area contributed by atoms with Crippen LogP contribution in [0.5, 0.6) is 0 Å². The molecule has 524 valence electrons. The summed E-state index contributed by atoms with van der Waals surface area (Å²) in [6, 6.07) is 0. The molecule has 0 aliphatic rings. The Morgan fingerprint density at radius 3 is 0.614 bits per heavy atom. The third-order valence-corrected chi connectivity index (χ3v) is 19.6. The predicted molar refractivity (Wildman–Crippen MR) is 390 cm³/mol. The van der Waals surface area contributed by atoms with Crippen molar-refractivity contribution >= 4 is 11.9 Å². The minimum atomic E-state index is -0.767. The zero-order chi connectivity index (χ0) is 63.3. The van der Waals surface area contributed by atoms with Crippen LogP contribution in [0.1, 0.15) is 489 Å². The predicted octanol–water partition coefficient (Wildman–Crippen LogP) is 28.9. The van der Waals surface area contributed by atoms with Crippen LogP contribution in [0.25, 0.3) is 0 Å². The van der Waals surface area contributed by atoms with E-state index >= 15 is 0 Å². The first-order chi connectivity index (χ1) is 43.6. The summed E-state index contributed by atoms with van der Waals surface area (Å²) in [4.78, 5) is 24.7. The molecule has 1 N–H and O–H groups in total. The summed E-state index contributed by atoms with van der Waals surface area (Å²) in [5.74, 6) is -0.556. The van der Waals surface area contributed by atoms with E-state index in [9.17, 15) is 14.7 Å². The highest BCUT2D eigenvalue weighted by molar-refractivity contribution is 5.70. The van der Waals surface area contributed by atoms with Gasteiger partial charge < -0.3 is 14.6 Å². The third-order valence-electron chi connectivity index (χ3n) is 19.6. The van der Waals surface area contributed by atoms with Crippen molar-refractivity contribution in [3.05, 3.63) is 12.2 Å². The molecule has 0 heterocycles. The fraction of sp³-hybridized carbons (Fsp3) is 0.952. The number of carbonyl (C=O) groups is 2. The van der Waals surface area contributed by atoms with Gasteiger partial charge in [-0.2, -0.15) is 0 Å². The van der Waals surface area contributed by atoms with Gasteiger partial charge in [-0.3, -0.25) is 9.59 Å². The van der Waals surface area contributed by atoms with Gasteiger partial charge in [0.15, 0.2) is 6.10 Å². The first-order valence-corrected chi connectivity index (χ1v) is 41.2. The lowest BCUT2D eigenvalue weighted by Crippen LogP contribution is -2.28. The number of allylic oxidation sites excluding steroid dienone is 2. The number of esters is 2. The molecule has 0 aliphatic heterocycles. The summed E-state index contributed by atoms with van der Waals surface area (Å²) in [6.45, 7) is 4.23. The fourth-order valence-electron chi connectivity index (χ4n) is 13.4. The smallest absolute Gasteiger partial charge is 0.306 e. The summed E-state index contributed by atoms with van der Waals surface area (Å²) in [5, 5.41) is 9.73.